The lowest BCUT2D eigenvalue weighted by molar-refractivity contribution is -0.136. The lowest BCUT2D eigenvalue weighted by atomic mass is 9.49. The maximum Gasteiger partial charge on any atom is 0.334 e. The van der Waals surface area contributed by atoms with Gasteiger partial charge in [0.05, 0.1) is 6.10 Å². The first-order valence-corrected chi connectivity index (χ1v) is 7.11. The molecule has 1 fully saturated rings. The molecule has 0 saturated heterocycles. The van der Waals surface area contributed by atoms with Gasteiger partial charge in [0.2, 0.25) is 0 Å². The summed E-state index contributed by atoms with van der Waals surface area (Å²) in [5, 5.41) is 20.3. The van der Waals surface area contributed by atoms with Gasteiger partial charge in [-0.05, 0) is 29.2 Å². The van der Waals surface area contributed by atoms with Gasteiger partial charge in [0.15, 0.2) is 0 Å². The first-order valence-electron chi connectivity index (χ1n) is 7.11. The Labute approximate surface area is 113 Å². The van der Waals surface area contributed by atoms with Crippen LogP contribution in [-0.4, -0.2) is 35.5 Å². The summed E-state index contributed by atoms with van der Waals surface area (Å²) in [6.45, 7) is 4.64. The van der Waals surface area contributed by atoms with Crippen molar-refractivity contribution in [2.75, 3.05) is 13.2 Å². The van der Waals surface area contributed by atoms with Gasteiger partial charge >= 0.3 is 5.97 Å². The van der Waals surface area contributed by atoms with Crippen LogP contribution in [0.15, 0.2) is 11.1 Å². The van der Waals surface area contributed by atoms with Crippen molar-refractivity contribution >= 4 is 5.97 Å². The van der Waals surface area contributed by atoms with Crippen molar-refractivity contribution in [1.82, 2.24) is 0 Å². The van der Waals surface area contributed by atoms with E-state index in [0.717, 1.165) is 24.8 Å². The molecule has 2 N–H and O–H groups in total. The number of aliphatic hydroxyl groups is 2. The summed E-state index contributed by atoms with van der Waals surface area (Å²) in [6.07, 6.45) is 2.72. The van der Waals surface area contributed by atoms with Gasteiger partial charge in [0.25, 0.3) is 0 Å². The number of fused-ring (bicyclic) bond motifs is 2. The second-order valence-corrected chi connectivity index (χ2v) is 6.87. The smallest absolute Gasteiger partial charge is 0.334 e. The van der Waals surface area contributed by atoms with E-state index in [9.17, 15) is 15.0 Å². The maximum absolute atomic E-state index is 11.8. The van der Waals surface area contributed by atoms with Gasteiger partial charge < -0.3 is 14.9 Å². The largest absolute Gasteiger partial charge is 0.458 e. The van der Waals surface area contributed by atoms with Gasteiger partial charge in [-0.1, -0.05) is 20.3 Å². The molecule has 0 radical (unpaired) electrons. The second-order valence-electron chi connectivity index (χ2n) is 6.87. The van der Waals surface area contributed by atoms with Gasteiger partial charge in [-0.15, -0.1) is 0 Å². The minimum absolute atomic E-state index is 0.00648. The van der Waals surface area contributed by atoms with Gasteiger partial charge in [0, 0.05) is 24.5 Å². The van der Waals surface area contributed by atoms with Crippen LogP contribution < -0.4 is 0 Å². The van der Waals surface area contributed by atoms with Gasteiger partial charge in [0.1, 0.15) is 6.61 Å². The first-order chi connectivity index (χ1) is 8.92. The van der Waals surface area contributed by atoms with Crippen molar-refractivity contribution in [1.29, 1.82) is 0 Å². The van der Waals surface area contributed by atoms with E-state index in [2.05, 4.69) is 13.8 Å². The monoisotopic (exact) mass is 266 g/mol. The number of carbonyl (C=O) groups is 1. The minimum atomic E-state index is -0.563. The average molecular weight is 266 g/mol. The van der Waals surface area contributed by atoms with Gasteiger partial charge in [-0.3, -0.25) is 0 Å². The molecule has 3 aliphatic rings. The van der Waals surface area contributed by atoms with Crippen LogP contribution >= 0.6 is 0 Å². The fraction of sp³-hybridized carbons (Fsp3) is 0.800. The van der Waals surface area contributed by atoms with Crippen LogP contribution in [0, 0.1) is 16.7 Å². The Morgan fingerprint density at radius 2 is 2.11 bits per heavy atom. The molecule has 0 aromatic carbocycles. The number of ether oxygens (including phenoxy) is 1. The van der Waals surface area contributed by atoms with E-state index < -0.39 is 6.10 Å². The zero-order valence-electron chi connectivity index (χ0n) is 11.6. The Hall–Kier alpha value is -0.870. The van der Waals surface area contributed by atoms with Crippen molar-refractivity contribution in [3.05, 3.63) is 11.1 Å². The van der Waals surface area contributed by atoms with E-state index in [4.69, 9.17) is 4.74 Å². The standard InChI is InChI=1S/C15H22O4/c1-14(8-16)4-3-5-15(2)10-7-19-13(18)9(10)6-11(17)12(14)15/h11-12,16-17H,3-8H2,1-2H3/t11-,12?,14-,15-/m1/s1. The maximum atomic E-state index is 11.8. The number of hydrogen-bond donors (Lipinski definition) is 2. The van der Waals surface area contributed by atoms with Crippen molar-refractivity contribution in [2.24, 2.45) is 16.7 Å². The van der Waals surface area contributed by atoms with E-state index in [1.165, 1.54) is 0 Å². The summed E-state index contributed by atoms with van der Waals surface area (Å²) in [5.41, 5.74) is 1.28. The molecule has 3 rings (SSSR count). The Bertz CT molecular complexity index is 455. The molecule has 2 aliphatic carbocycles. The molecule has 0 aromatic rings. The number of rotatable bonds is 1. The number of esters is 1. The van der Waals surface area contributed by atoms with Crippen LogP contribution in [0.5, 0.6) is 0 Å². The number of aliphatic hydroxyl groups excluding tert-OH is 2. The highest BCUT2D eigenvalue weighted by Gasteiger charge is 2.58. The Morgan fingerprint density at radius 1 is 1.37 bits per heavy atom. The molecule has 4 heteroatoms. The topological polar surface area (TPSA) is 66.8 Å². The Balaban J connectivity index is 2.10. The van der Waals surface area contributed by atoms with Crippen LogP contribution in [0.25, 0.3) is 0 Å². The van der Waals surface area contributed by atoms with Crippen molar-refractivity contribution in [3.63, 3.8) is 0 Å². The van der Waals surface area contributed by atoms with Crippen LogP contribution in [0.2, 0.25) is 0 Å². The van der Waals surface area contributed by atoms with Crippen LogP contribution in [-0.2, 0) is 9.53 Å². The van der Waals surface area contributed by atoms with E-state index >= 15 is 0 Å². The lowest BCUT2D eigenvalue weighted by Gasteiger charge is -2.56. The Kier molecular flexibility index (Phi) is 2.81. The third kappa shape index (κ3) is 1.62. The van der Waals surface area contributed by atoms with Crippen molar-refractivity contribution in [3.8, 4) is 0 Å². The molecule has 1 saturated carbocycles. The van der Waals surface area contributed by atoms with Crippen molar-refractivity contribution in [2.45, 2.75) is 45.6 Å². The summed E-state index contributed by atoms with van der Waals surface area (Å²) in [7, 11) is 0. The number of carbonyl (C=O) groups excluding carboxylic acids is 1. The predicted molar refractivity (Wildman–Crippen MR) is 69.2 cm³/mol. The quantitative estimate of drug-likeness (QED) is 0.704. The number of hydrogen-bond acceptors (Lipinski definition) is 4. The predicted octanol–water partition coefficient (Wildman–Crippen LogP) is 1.41. The summed E-state index contributed by atoms with van der Waals surface area (Å²) in [5.74, 6) is -0.253. The molecule has 4 nitrogen and oxygen atoms in total. The summed E-state index contributed by atoms with van der Waals surface area (Å²) < 4.78 is 5.18. The highest BCUT2D eigenvalue weighted by atomic mass is 16.5. The van der Waals surface area contributed by atoms with Crippen LogP contribution in [0.1, 0.15) is 39.5 Å². The molecule has 1 unspecified atom stereocenters. The van der Waals surface area contributed by atoms with E-state index in [1.54, 1.807) is 0 Å². The van der Waals surface area contributed by atoms with Gasteiger partial charge in [-0.25, -0.2) is 4.79 Å². The summed E-state index contributed by atoms with van der Waals surface area (Å²) in [6, 6.07) is 0. The zero-order valence-corrected chi connectivity index (χ0v) is 11.6. The fourth-order valence-corrected chi connectivity index (χ4v) is 4.82. The SMILES string of the molecule is C[C@]1(CO)CCC[C@]2(C)C3=C(C[C@@H](O)C12)C(=O)OC3. The van der Waals surface area contributed by atoms with E-state index in [-0.39, 0.29) is 29.3 Å². The van der Waals surface area contributed by atoms with Crippen molar-refractivity contribution < 1.29 is 19.7 Å². The fourth-order valence-electron chi connectivity index (χ4n) is 4.82. The van der Waals surface area contributed by atoms with Crippen LogP contribution in [0.4, 0.5) is 0 Å². The highest BCUT2D eigenvalue weighted by Crippen LogP contribution is 2.60. The summed E-state index contributed by atoms with van der Waals surface area (Å²) >= 11 is 0. The molecule has 1 aliphatic heterocycles. The second kappa shape index (κ2) is 4.06. The summed E-state index contributed by atoms with van der Waals surface area (Å²) in [4.78, 5) is 11.8. The molecule has 4 atom stereocenters. The molecule has 19 heavy (non-hydrogen) atoms. The zero-order chi connectivity index (χ0) is 13.8. The van der Waals surface area contributed by atoms with E-state index in [1.807, 2.05) is 0 Å². The third-order valence-electron chi connectivity index (χ3n) is 5.69. The molecular weight excluding hydrogens is 244 g/mol. The molecule has 0 amide bonds. The van der Waals surface area contributed by atoms with E-state index in [0.29, 0.717) is 18.6 Å². The molecular formula is C15H22O4. The molecule has 0 aromatic heterocycles. The van der Waals surface area contributed by atoms with Crippen LogP contribution in [0.3, 0.4) is 0 Å². The normalized spacial score (nSPS) is 45.8. The molecule has 0 spiro atoms. The number of cyclic esters (lactones) is 1. The third-order valence-corrected chi connectivity index (χ3v) is 5.69. The lowest BCUT2D eigenvalue weighted by Crippen LogP contribution is -2.54. The first kappa shape index (κ1) is 13.1. The Morgan fingerprint density at radius 3 is 2.79 bits per heavy atom. The highest BCUT2D eigenvalue weighted by molar-refractivity contribution is 5.92. The molecule has 1 heterocycles. The molecule has 0 bridgehead atoms. The van der Waals surface area contributed by atoms with Gasteiger partial charge in [-0.2, -0.15) is 0 Å². The minimum Gasteiger partial charge on any atom is -0.458 e. The average Bonchev–Trinajstić information content (AvgIpc) is 2.71. The molecule has 106 valence electrons.